The van der Waals surface area contributed by atoms with E-state index in [0.29, 0.717) is 24.1 Å². The molecular formula is C23H25F3N4O3S. The van der Waals surface area contributed by atoms with Gasteiger partial charge in [-0.1, -0.05) is 31.2 Å². The molecule has 0 radical (unpaired) electrons. The standard InChI is InChI=1S/C23H25F3N4O3S/c1-2-16-6-5-7-19-20(16)28-21(30(19)34(32,33)23(24,25)26)17-8-10-18(11-9-17)22(31)27-12-15-29-13-3-4-14-29/h5-11H,2-4,12-15H2,1H3,(H,27,31). The molecule has 0 bridgehead atoms. The zero-order valence-corrected chi connectivity index (χ0v) is 19.4. The number of para-hydroxylation sites is 1. The zero-order chi connectivity index (χ0) is 24.5. The first-order chi connectivity index (χ1) is 16.1. The molecule has 0 unspecified atom stereocenters. The van der Waals surface area contributed by atoms with Gasteiger partial charge in [0.1, 0.15) is 0 Å². The third-order valence-corrected chi connectivity index (χ3v) is 7.39. The fourth-order valence-electron chi connectivity index (χ4n) is 4.16. The van der Waals surface area contributed by atoms with Gasteiger partial charge in [-0.2, -0.15) is 21.6 Å². The second-order valence-electron chi connectivity index (χ2n) is 8.17. The van der Waals surface area contributed by atoms with E-state index < -0.39 is 15.5 Å². The second-order valence-corrected chi connectivity index (χ2v) is 9.95. The van der Waals surface area contributed by atoms with Crippen molar-refractivity contribution in [2.75, 3.05) is 26.2 Å². The Morgan fingerprint density at radius 3 is 2.38 bits per heavy atom. The number of aryl methyl sites for hydroxylation is 1. The van der Waals surface area contributed by atoms with Gasteiger partial charge in [0.05, 0.1) is 11.0 Å². The highest BCUT2D eigenvalue weighted by Crippen LogP contribution is 2.34. The second kappa shape index (κ2) is 9.38. The number of hydrogen-bond acceptors (Lipinski definition) is 5. The van der Waals surface area contributed by atoms with Crippen molar-refractivity contribution in [2.24, 2.45) is 0 Å². The maximum atomic E-state index is 13.5. The van der Waals surface area contributed by atoms with E-state index in [1.54, 1.807) is 6.07 Å². The van der Waals surface area contributed by atoms with Crippen LogP contribution in [-0.2, 0) is 16.4 Å². The number of nitrogens with zero attached hydrogens (tertiary/aromatic N) is 3. The highest BCUT2D eigenvalue weighted by atomic mass is 32.2. The smallest absolute Gasteiger partial charge is 0.351 e. The fourth-order valence-corrected chi connectivity index (χ4v) is 5.14. The van der Waals surface area contributed by atoms with Crippen molar-refractivity contribution in [1.29, 1.82) is 0 Å². The summed E-state index contributed by atoms with van der Waals surface area (Å²) in [6, 6.07) is 10.2. The van der Waals surface area contributed by atoms with Crippen LogP contribution in [0.25, 0.3) is 22.4 Å². The number of amides is 1. The number of carbonyl (C=O) groups is 1. The lowest BCUT2D eigenvalue weighted by Crippen LogP contribution is -2.33. The van der Waals surface area contributed by atoms with E-state index in [9.17, 15) is 26.4 Å². The number of halogens is 3. The monoisotopic (exact) mass is 494 g/mol. The fraction of sp³-hybridized carbons (Fsp3) is 0.391. The van der Waals surface area contributed by atoms with Crippen LogP contribution in [0, 0.1) is 0 Å². The predicted molar refractivity (Wildman–Crippen MR) is 123 cm³/mol. The number of nitrogens with one attached hydrogen (secondary N) is 1. The van der Waals surface area contributed by atoms with Crippen LogP contribution in [0.4, 0.5) is 13.2 Å². The van der Waals surface area contributed by atoms with E-state index in [0.717, 1.165) is 32.5 Å². The number of likely N-dealkylation sites (tertiary alicyclic amines) is 1. The van der Waals surface area contributed by atoms with Crippen LogP contribution in [0.1, 0.15) is 35.7 Å². The predicted octanol–water partition coefficient (Wildman–Crippen LogP) is 3.79. The van der Waals surface area contributed by atoms with E-state index in [-0.39, 0.29) is 32.3 Å². The number of alkyl halides is 3. The Bertz CT molecular complexity index is 1300. The van der Waals surface area contributed by atoms with Gasteiger partial charge < -0.3 is 10.2 Å². The van der Waals surface area contributed by atoms with Gasteiger partial charge in [0, 0.05) is 24.2 Å². The maximum Gasteiger partial charge on any atom is 0.517 e. The molecule has 2 aromatic carbocycles. The molecular weight excluding hydrogens is 469 g/mol. The summed E-state index contributed by atoms with van der Waals surface area (Å²) >= 11 is 0. The zero-order valence-electron chi connectivity index (χ0n) is 18.6. The van der Waals surface area contributed by atoms with E-state index in [1.807, 2.05) is 6.92 Å². The lowest BCUT2D eigenvalue weighted by atomic mass is 10.1. The Morgan fingerprint density at radius 2 is 1.76 bits per heavy atom. The average Bonchev–Trinajstić information content (AvgIpc) is 3.46. The quantitative estimate of drug-likeness (QED) is 0.540. The van der Waals surface area contributed by atoms with Crippen molar-refractivity contribution in [3.8, 4) is 11.4 Å². The van der Waals surface area contributed by atoms with Gasteiger partial charge in [-0.25, -0.2) is 8.96 Å². The number of carbonyl (C=O) groups excluding carboxylic acids is 1. The van der Waals surface area contributed by atoms with E-state index in [4.69, 9.17) is 0 Å². The molecule has 0 aliphatic carbocycles. The van der Waals surface area contributed by atoms with Gasteiger partial charge in [0.25, 0.3) is 5.91 Å². The Kier molecular flexibility index (Phi) is 6.68. The summed E-state index contributed by atoms with van der Waals surface area (Å²) in [6.07, 6.45) is 2.78. The number of benzene rings is 2. The van der Waals surface area contributed by atoms with Crippen molar-refractivity contribution in [3.05, 3.63) is 53.6 Å². The Labute approximate surface area is 195 Å². The molecule has 4 rings (SSSR count). The molecule has 1 aliphatic rings. The van der Waals surface area contributed by atoms with Crippen LogP contribution in [0.5, 0.6) is 0 Å². The van der Waals surface area contributed by atoms with Crippen LogP contribution < -0.4 is 5.32 Å². The topological polar surface area (TPSA) is 84.3 Å². The molecule has 11 heteroatoms. The summed E-state index contributed by atoms with van der Waals surface area (Å²) in [5.41, 5.74) is -4.36. The third-order valence-electron chi connectivity index (χ3n) is 5.96. The number of imidazole rings is 1. The average molecular weight is 495 g/mol. The van der Waals surface area contributed by atoms with Crippen LogP contribution in [0.15, 0.2) is 42.5 Å². The first-order valence-corrected chi connectivity index (χ1v) is 12.5. The minimum atomic E-state index is -5.74. The molecule has 0 atom stereocenters. The van der Waals surface area contributed by atoms with E-state index in [2.05, 4.69) is 15.2 Å². The number of rotatable bonds is 7. The van der Waals surface area contributed by atoms with Gasteiger partial charge in [-0.05, 0) is 56.1 Å². The summed E-state index contributed by atoms with van der Waals surface area (Å²) in [5, 5.41) is 2.83. The number of aromatic nitrogens is 2. The molecule has 1 aliphatic heterocycles. The van der Waals surface area contributed by atoms with Crippen molar-refractivity contribution in [1.82, 2.24) is 19.2 Å². The lowest BCUT2D eigenvalue weighted by Gasteiger charge is -2.15. The summed E-state index contributed by atoms with van der Waals surface area (Å²) < 4.78 is 65.7. The van der Waals surface area contributed by atoms with Crippen molar-refractivity contribution in [2.45, 2.75) is 31.7 Å². The van der Waals surface area contributed by atoms with Gasteiger partial charge in [0.15, 0.2) is 5.82 Å². The number of fused-ring (bicyclic) bond motifs is 1. The molecule has 1 saturated heterocycles. The van der Waals surface area contributed by atoms with Gasteiger partial charge in [-0.3, -0.25) is 4.79 Å². The van der Waals surface area contributed by atoms with Crippen molar-refractivity contribution >= 4 is 27.0 Å². The van der Waals surface area contributed by atoms with Crippen LogP contribution >= 0.6 is 0 Å². The van der Waals surface area contributed by atoms with Crippen LogP contribution in [0.2, 0.25) is 0 Å². The van der Waals surface area contributed by atoms with Gasteiger partial charge in [-0.15, -0.1) is 0 Å². The molecule has 0 saturated carbocycles. The highest BCUT2D eigenvalue weighted by Gasteiger charge is 2.49. The Hall–Kier alpha value is -2.92. The number of hydrogen-bond donors (Lipinski definition) is 1. The molecule has 0 spiro atoms. The van der Waals surface area contributed by atoms with E-state index >= 15 is 0 Å². The minimum Gasteiger partial charge on any atom is -0.351 e. The summed E-state index contributed by atoms with van der Waals surface area (Å²) in [6.45, 7) is 5.09. The molecule has 1 fully saturated rings. The largest absolute Gasteiger partial charge is 0.517 e. The molecule has 182 valence electrons. The van der Waals surface area contributed by atoms with Gasteiger partial charge >= 0.3 is 15.5 Å². The minimum absolute atomic E-state index is 0.143. The summed E-state index contributed by atoms with van der Waals surface area (Å²) in [4.78, 5) is 19.0. The molecule has 2 heterocycles. The molecule has 1 aromatic heterocycles. The van der Waals surface area contributed by atoms with Crippen molar-refractivity contribution < 1.29 is 26.4 Å². The van der Waals surface area contributed by atoms with E-state index in [1.165, 1.54) is 36.4 Å². The Balaban J connectivity index is 1.66. The van der Waals surface area contributed by atoms with Crippen LogP contribution in [0.3, 0.4) is 0 Å². The molecule has 3 aromatic rings. The third kappa shape index (κ3) is 4.54. The highest BCUT2D eigenvalue weighted by molar-refractivity contribution is 7.91. The molecule has 7 nitrogen and oxygen atoms in total. The first kappa shape index (κ1) is 24.2. The molecule has 34 heavy (non-hydrogen) atoms. The normalized spacial score (nSPS) is 15.2. The maximum absolute atomic E-state index is 13.5. The van der Waals surface area contributed by atoms with Gasteiger partial charge in [0.2, 0.25) is 0 Å². The first-order valence-electron chi connectivity index (χ1n) is 11.1. The summed E-state index contributed by atoms with van der Waals surface area (Å²) in [5.74, 6) is -0.662. The molecule has 1 N–H and O–H groups in total. The summed E-state index contributed by atoms with van der Waals surface area (Å²) in [7, 11) is -5.74. The van der Waals surface area contributed by atoms with Crippen LogP contribution in [-0.4, -0.2) is 59.9 Å². The lowest BCUT2D eigenvalue weighted by molar-refractivity contribution is -0.0444. The SMILES string of the molecule is CCc1cccc2c1nc(-c1ccc(C(=O)NCCN3CCCC3)cc1)n2S(=O)(=O)C(F)(F)F. The molecule has 1 amide bonds. The van der Waals surface area contributed by atoms with Crippen molar-refractivity contribution in [3.63, 3.8) is 0 Å². The Morgan fingerprint density at radius 1 is 1.09 bits per heavy atom.